The fraction of sp³-hybridized carbons (Fsp3) is 0.192. The molecule has 0 saturated carbocycles. The van der Waals surface area contributed by atoms with E-state index < -0.39 is 5.25 Å². The highest BCUT2D eigenvalue weighted by Crippen LogP contribution is 2.31. The molecule has 2 amide bonds. The summed E-state index contributed by atoms with van der Waals surface area (Å²) in [7, 11) is 1.63. The maximum absolute atomic E-state index is 13.2. The lowest BCUT2D eigenvalue weighted by Crippen LogP contribution is -2.46. The summed E-state index contributed by atoms with van der Waals surface area (Å²) in [5.41, 5.74) is 2.35. The average Bonchev–Trinajstić information content (AvgIpc) is 2.84. The van der Waals surface area contributed by atoms with Gasteiger partial charge in [-0.1, -0.05) is 63.6 Å². The number of aliphatic imine (C=N–C) groups is 1. The summed E-state index contributed by atoms with van der Waals surface area (Å²) < 4.78 is 6.08. The first-order valence-corrected chi connectivity index (χ1v) is 13.0. The highest BCUT2D eigenvalue weighted by molar-refractivity contribution is 9.10. The number of hydrogen-bond donors (Lipinski definition) is 1. The summed E-state index contributed by atoms with van der Waals surface area (Å²) in [5, 5.41) is 3.33. The Morgan fingerprint density at radius 1 is 1.17 bits per heavy atom. The Morgan fingerprint density at radius 2 is 1.94 bits per heavy atom. The van der Waals surface area contributed by atoms with E-state index in [2.05, 4.69) is 21.2 Å². The van der Waals surface area contributed by atoms with Crippen molar-refractivity contribution >= 4 is 67.6 Å². The molecule has 1 heterocycles. The van der Waals surface area contributed by atoms with Crippen LogP contribution < -0.4 is 10.1 Å². The molecule has 1 N–H and O–H groups in total. The van der Waals surface area contributed by atoms with Crippen molar-refractivity contribution < 1.29 is 14.3 Å². The number of hydrogen-bond acceptors (Lipinski definition) is 5. The first-order chi connectivity index (χ1) is 16.9. The van der Waals surface area contributed by atoms with Crippen molar-refractivity contribution in [2.24, 2.45) is 4.99 Å². The van der Waals surface area contributed by atoms with Crippen LogP contribution in [0, 0.1) is 0 Å². The zero-order chi connectivity index (χ0) is 24.8. The summed E-state index contributed by atoms with van der Waals surface area (Å²) in [5.74, 6) is 0.392. The van der Waals surface area contributed by atoms with Crippen LogP contribution in [0.25, 0.3) is 0 Å². The summed E-state index contributed by atoms with van der Waals surface area (Å²) in [6.45, 7) is 0.442. The quantitative estimate of drug-likeness (QED) is 0.360. The van der Waals surface area contributed by atoms with Crippen molar-refractivity contribution in [3.63, 3.8) is 0 Å². The van der Waals surface area contributed by atoms with Gasteiger partial charge in [0.15, 0.2) is 5.17 Å². The molecule has 1 fully saturated rings. The predicted molar refractivity (Wildman–Crippen MR) is 146 cm³/mol. The number of thioether (sulfide) groups is 1. The Bertz CT molecular complexity index is 1250. The smallest absolute Gasteiger partial charge is 0.238 e. The number of nitrogens with zero attached hydrogens (tertiary/aromatic N) is 2. The van der Waals surface area contributed by atoms with Gasteiger partial charge in [-0.05, 0) is 60.5 Å². The van der Waals surface area contributed by atoms with E-state index >= 15 is 0 Å². The molecule has 9 heteroatoms. The average molecular weight is 573 g/mol. The lowest BCUT2D eigenvalue weighted by atomic mass is 10.1. The van der Waals surface area contributed by atoms with Crippen LogP contribution in [0.4, 0.5) is 11.4 Å². The number of ether oxygens (including phenoxy) is 1. The van der Waals surface area contributed by atoms with Crippen molar-refractivity contribution in [3.05, 3.63) is 87.9 Å². The number of amides is 2. The number of benzene rings is 3. The molecule has 0 radical (unpaired) electrons. The van der Waals surface area contributed by atoms with E-state index in [-0.39, 0.29) is 18.2 Å². The van der Waals surface area contributed by atoms with E-state index in [1.807, 2.05) is 48.5 Å². The fourth-order valence-corrected chi connectivity index (χ4v) is 5.25. The summed E-state index contributed by atoms with van der Waals surface area (Å²) in [4.78, 5) is 32.6. The Labute approximate surface area is 221 Å². The van der Waals surface area contributed by atoms with Gasteiger partial charge in [0.05, 0.1) is 12.8 Å². The number of carbonyl (C=O) groups excluding carboxylic acids is 2. The number of methoxy groups -OCH3 is 1. The fourth-order valence-electron chi connectivity index (χ4n) is 3.54. The normalized spacial score (nSPS) is 16.9. The monoisotopic (exact) mass is 571 g/mol. The maximum Gasteiger partial charge on any atom is 0.238 e. The van der Waals surface area contributed by atoms with Crippen LogP contribution in [0.15, 0.2) is 82.3 Å². The van der Waals surface area contributed by atoms with E-state index in [9.17, 15) is 9.59 Å². The third-order valence-corrected chi connectivity index (χ3v) is 7.26. The summed E-state index contributed by atoms with van der Waals surface area (Å²) >= 11 is 10.8. The molecule has 180 valence electrons. The molecule has 1 atom stereocenters. The third-order valence-electron chi connectivity index (χ3n) is 5.34. The van der Waals surface area contributed by atoms with Crippen LogP contribution in [0.3, 0.4) is 0 Å². The molecule has 0 aromatic heterocycles. The highest BCUT2D eigenvalue weighted by atomic mass is 79.9. The van der Waals surface area contributed by atoms with Crippen molar-refractivity contribution in [2.75, 3.05) is 19.0 Å². The molecule has 35 heavy (non-hydrogen) atoms. The van der Waals surface area contributed by atoms with E-state index in [1.54, 1.807) is 36.3 Å². The van der Waals surface area contributed by atoms with Crippen LogP contribution in [0.2, 0.25) is 5.02 Å². The molecule has 1 saturated heterocycles. The lowest BCUT2D eigenvalue weighted by Gasteiger charge is -2.32. The molecule has 4 rings (SSSR count). The topological polar surface area (TPSA) is 71.0 Å². The molecule has 1 aliphatic heterocycles. The molecule has 3 aromatic rings. The summed E-state index contributed by atoms with van der Waals surface area (Å²) in [6.07, 6.45) is 0.724. The van der Waals surface area contributed by atoms with Crippen molar-refractivity contribution in [2.45, 2.75) is 18.1 Å². The van der Waals surface area contributed by atoms with Gasteiger partial charge in [0.1, 0.15) is 11.0 Å². The second-order valence-electron chi connectivity index (χ2n) is 7.83. The van der Waals surface area contributed by atoms with Gasteiger partial charge in [-0.3, -0.25) is 14.5 Å². The largest absolute Gasteiger partial charge is 0.497 e. The van der Waals surface area contributed by atoms with Crippen LogP contribution in [0.5, 0.6) is 5.75 Å². The second kappa shape index (κ2) is 11.7. The zero-order valence-electron chi connectivity index (χ0n) is 18.9. The molecule has 0 bridgehead atoms. The molecule has 6 nitrogen and oxygen atoms in total. The van der Waals surface area contributed by atoms with Gasteiger partial charge in [0, 0.05) is 28.1 Å². The predicted octanol–water partition coefficient (Wildman–Crippen LogP) is 6.31. The SMILES string of the molecule is COc1ccc(CCN2C(=O)CC(C(=O)Nc3cccc(Br)c3)SC2=Nc2cccc(Cl)c2)cc1. The number of nitrogens with one attached hydrogen (secondary N) is 1. The third kappa shape index (κ3) is 6.87. The number of amidine groups is 1. The van der Waals surface area contributed by atoms with E-state index in [0.29, 0.717) is 34.5 Å². The minimum absolute atomic E-state index is 0.0850. The number of anilines is 1. The Balaban J connectivity index is 1.54. The van der Waals surface area contributed by atoms with Crippen LogP contribution >= 0.6 is 39.3 Å². The van der Waals surface area contributed by atoms with Gasteiger partial charge in [-0.15, -0.1) is 0 Å². The molecule has 1 aliphatic rings. The van der Waals surface area contributed by atoms with Crippen molar-refractivity contribution in [1.29, 1.82) is 0 Å². The minimum atomic E-state index is -0.600. The Hall–Kier alpha value is -2.81. The van der Waals surface area contributed by atoms with Crippen molar-refractivity contribution in [1.82, 2.24) is 4.90 Å². The summed E-state index contributed by atoms with van der Waals surface area (Å²) in [6, 6.07) is 22.2. The molecule has 1 unspecified atom stereocenters. The molecule has 3 aromatic carbocycles. The lowest BCUT2D eigenvalue weighted by molar-refractivity contribution is -0.129. The van der Waals surface area contributed by atoms with Gasteiger partial charge in [0.25, 0.3) is 0 Å². The van der Waals surface area contributed by atoms with Gasteiger partial charge >= 0.3 is 0 Å². The second-order valence-corrected chi connectivity index (χ2v) is 10.3. The first kappa shape index (κ1) is 25.3. The molecular weight excluding hydrogens is 550 g/mol. The van der Waals surface area contributed by atoms with Crippen LogP contribution in [-0.2, 0) is 16.0 Å². The van der Waals surface area contributed by atoms with E-state index in [4.69, 9.17) is 21.3 Å². The zero-order valence-corrected chi connectivity index (χ0v) is 22.1. The van der Waals surface area contributed by atoms with E-state index in [0.717, 1.165) is 15.8 Å². The molecule has 0 spiro atoms. The number of carbonyl (C=O) groups is 2. The van der Waals surface area contributed by atoms with Gasteiger partial charge < -0.3 is 10.1 Å². The van der Waals surface area contributed by atoms with Gasteiger partial charge in [-0.2, -0.15) is 0 Å². The maximum atomic E-state index is 13.2. The van der Waals surface area contributed by atoms with Gasteiger partial charge in [-0.25, -0.2) is 4.99 Å². The highest BCUT2D eigenvalue weighted by Gasteiger charge is 2.35. The van der Waals surface area contributed by atoms with Crippen LogP contribution in [-0.4, -0.2) is 40.8 Å². The van der Waals surface area contributed by atoms with Crippen molar-refractivity contribution in [3.8, 4) is 5.75 Å². The Kier molecular flexibility index (Phi) is 8.49. The molecular formula is C26H23BrClN3O3S. The number of rotatable bonds is 7. The molecule has 0 aliphatic carbocycles. The minimum Gasteiger partial charge on any atom is -0.497 e. The first-order valence-electron chi connectivity index (χ1n) is 10.9. The standard InChI is InChI=1S/C26H23BrClN3O3S/c1-34-22-10-8-17(9-11-22)12-13-31-24(32)16-23(25(33)29-20-6-2-4-18(27)14-20)35-26(31)30-21-7-3-5-19(28)15-21/h2-11,14-15,23H,12-13,16H2,1H3,(H,29,33). The number of halogens is 2. The van der Waals surface area contributed by atoms with Crippen LogP contribution in [0.1, 0.15) is 12.0 Å². The Morgan fingerprint density at radius 3 is 2.66 bits per heavy atom. The van der Waals surface area contributed by atoms with E-state index in [1.165, 1.54) is 11.8 Å². The van der Waals surface area contributed by atoms with Gasteiger partial charge in [0.2, 0.25) is 11.8 Å².